The number of halogens is 3. The van der Waals surface area contributed by atoms with Crippen molar-refractivity contribution in [1.82, 2.24) is 14.8 Å². The Morgan fingerprint density at radius 2 is 2.12 bits per heavy atom. The first kappa shape index (κ1) is 17.9. The second kappa shape index (κ2) is 6.99. The molecule has 7 nitrogen and oxygen atoms in total. The van der Waals surface area contributed by atoms with Crippen LogP contribution in [0.3, 0.4) is 0 Å². The zero-order valence-corrected chi connectivity index (χ0v) is 13.5. The number of rotatable bonds is 5. The molecule has 0 bridgehead atoms. The van der Waals surface area contributed by atoms with Gasteiger partial charge in [0.25, 0.3) is 5.91 Å². The second-order valence-corrected chi connectivity index (χ2v) is 5.47. The summed E-state index contributed by atoms with van der Waals surface area (Å²) in [6.45, 7) is 1.92. The third-order valence-corrected chi connectivity index (χ3v) is 3.61. The number of esters is 1. The summed E-state index contributed by atoms with van der Waals surface area (Å²) >= 11 is 1.05. The Bertz CT molecular complexity index is 754. The summed E-state index contributed by atoms with van der Waals surface area (Å²) in [5.74, 6) is -1.24. The molecule has 2 aromatic heterocycles. The van der Waals surface area contributed by atoms with E-state index in [0.29, 0.717) is 11.8 Å². The maximum atomic E-state index is 12.6. The molecule has 0 unspecified atom stereocenters. The molecule has 0 aromatic carbocycles. The van der Waals surface area contributed by atoms with Gasteiger partial charge in [-0.15, -0.1) is 11.3 Å². The highest BCUT2D eigenvalue weighted by Crippen LogP contribution is 2.28. The molecule has 130 valence electrons. The lowest BCUT2D eigenvalue weighted by Gasteiger charge is -2.01. The van der Waals surface area contributed by atoms with E-state index in [4.69, 9.17) is 4.74 Å². The van der Waals surface area contributed by atoms with Crippen molar-refractivity contribution >= 4 is 28.3 Å². The Labute approximate surface area is 138 Å². The molecule has 0 atom stereocenters. The van der Waals surface area contributed by atoms with Crippen molar-refractivity contribution in [3.63, 3.8) is 0 Å². The minimum atomic E-state index is -4.63. The van der Waals surface area contributed by atoms with Crippen LogP contribution in [0.25, 0.3) is 0 Å². The maximum Gasteiger partial charge on any atom is 0.435 e. The van der Waals surface area contributed by atoms with Gasteiger partial charge in [0.2, 0.25) is 0 Å². The molecule has 0 radical (unpaired) electrons. The van der Waals surface area contributed by atoms with Gasteiger partial charge in [0.05, 0.1) is 18.7 Å². The number of amides is 1. The standard InChI is InChI=1S/C13H13F3N4O3S/c1-3-23-10(21)4-7-6-24-12(17-7)18-11(22)8-5-9(13(14,15)16)19-20(8)2/h5-6H,3-4H2,1-2H3,(H,17,18,22). The summed E-state index contributed by atoms with van der Waals surface area (Å²) in [5.41, 5.74) is -1.02. The maximum absolute atomic E-state index is 12.6. The first-order valence-corrected chi connectivity index (χ1v) is 7.61. The van der Waals surface area contributed by atoms with E-state index >= 15 is 0 Å². The Hall–Kier alpha value is -2.43. The molecule has 2 heterocycles. The van der Waals surface area contributed by atoms with Crippen LogP contribution in [-0.2, 0) is 29.2 Å². The van der Waals surface area contributed by atoms with E-state index in [1.807, 2.05) is 0 Å². The Morgan fingerprint density at radius 3 is 2.71 bits per heavy atom. The van der Waals surface area contributed by atoms with Crippen molar-refractivity contribution in [3.8, 4) is 0 Å². The van der Waals surface area contributed by atoms with Gasteiger partial charge in [-0.3, -0.25) is 19.6 Å². The third-order valence-electron chi connectivity index (χ3n) is 2.81. The van der Waals surface area contributed by atoms with Crippen LogP contribution < -0.4 is 5.32 Å². The molecule has 24 heavy (non-hydrogen) atoms. The largest absolute Gasteiger partial charge is 0.466 e. The van der Waals surface area contributed by atoms with Gasteiger partial charge in [-0.1, -0.05) is 0 Å². The molecule has 1 N–H and O–H groups in total. The van der Waals surface area contributed by atoms with Crippen molar-refractivity contribution in [1.29, 1.82) is 0 Å². The van der Waals surface area contributed by atoms with Crippen molar-refractivity contribution in [3.05, 3.63) is 28.5 Å². The molecule has 0 aliphatic heterocycles. The highest BCUT2D eigenvalue weighted by Gasteiger charge is 2.35. The van der Waals surface area contributed by atoms with E-state index in [1.54, 1.807) is 12.3 Å². The van der Waals surface area contributed by atoms with Gasteiger partial charge < -0.3 is 4.74 Å². The monoisotopic (exact) mass is 362 g/mol. The summed E-state index contributed by atoms with van der Waals surface area (Å²) in [5, 5.41) is 7.35. The number of hydrogen-bond donors (Lipinski definition) is 1. The van der Waals surface area contributed by atoms with E-state index in [1.165, 1.54) is 7.05 Å². The molecule has 1 amide bonds. The van der Waals surface area contributed by atoms with Gasteiger partial charge in [-0.2, -0.15) is 18.3 Å². The fraction of sp³-hybridized carbons (Fsp3) is 0.385. The molecular formula is C13H13F3N4O3S. The number of carbonyl (C=O) groups is 2. The first-order valence-electron chi connectivity index (χ1n) is 6.73. The number of ether oxygens (including phenoxy) is 1. The Balaban J connectivity index is 2.07. The number of carbonyl (C=O) groups excluding carboxylic acids is 2. The average Bonchev–Trinajstić information content (AvgIpc) is 3.05. The first-order chi connectivity index (χ1) is 11.2. The van der Waals surface area contributed by atoms with Gasteiger partial charge in [-0.25, -0.2) is 4.98 Å². The van der Waals surface area contributed by atoms with Crippen molar-refractivity contribution in [2.24, 2.45) is 7.05 Å². The topological polar surface area (TPSA) is 86.1 Å². The minimum absolute atomic E-state index is 0.0514. The van der Waals surface area contributed by atoms with Crippen molar-refractivity contribution < 1.29 is 27.5 Å². The van der Waals surface area contributed by atoms with Crippen LogP contribution in [0.5, 0.6) is 0 Å². The Kier molecular flexibility index (Phi) is 5.22. The van der Waals surface area contributed by atoms with Crippen LogP contribution in [0.15, 0.2) is 11.4 Å². The highest BCUT2D eigenvalue weighted by molar-refractivity contribution is 7.14. The lowest BCUT2D eigenvalue weighted by atomic mass is 10.3. The average molecular weight is 362 g/mol. The predicted molar refractivity (Wildman–Crippen MR) is 78.6 cm³/mol. The smallest absolute Gasteiger partial charge is 0.435 e. The van der Waals surface area contributed by atoms with E-state index in [2.05, 4.69) is 15.4 Å². The number of nitrogens with one attached hydrogen (secondary N) is 1. The fourth-order valence-electron chi connectivity index (χ4n) is 1.78. The fourth-order valence-corrected chi connectivity index (χ4v) is 2.49. The summed E-state index contributed by atoms with van der Waals surface area (Å²) < 4.78 is 43.4. The highest BCUT2D eigenvalue weighted by atomic mass is 32.1. The van der Waals surface area contributed by atoms with Gasteiger partial charge in [0.1, 0.15) is 5.69 Å². The molecule has 0 saturated heterocycles. The molecule has 0 aliphatic rings. The van der Waals surface area contributed by atoms with E-state index in [9.17, 15) is 22.8 Å². The molecule has 2 rings (SSSR count). The molecular weight excluding hydrogens is 349 g/mol. The number of hydrogen-bond acceptors (Lipinski definition) is 6. The number of anilines is 1. The molecule has 2 aromatic rings. The van der Waals surface area contributed by atoms with Gasteiger partial charge in [0.15, 0.2) is 10.8 Å². The lowest BCUT2D eigenvalue weighted by molar-refractivity contribution is -0.142. The van der Waals surface area contributed by atoms with Crippen LogP contribution in [-0.4, -0.2) is 33.2 Å². The zero-order chi connectivity index (χ0) is 17.9. The lowest BCUT2D eigenvalue weighted by Crippen LogP contribution is -2.16. The quantitative estimate of drug-likeness (QED) is 0.825. The molecule has 0 spiro atoms. The summed E-state index contributed by atoms with van der Waals surface area (Å²) in [4.78, 5) is 27.4. The molecule has 0 saturated carbocycles. The normalized spacial score (nSPS) is 11.4. The van der Waals surface area contributed by atoms with Gasteiger partial charge in [0, 0.05) is 18.5 Å². The van der Waals surface area contributed by atoms with E-state index < -0.39 is 23.7 Å². The van der Waals surface area contributed by atoms with Crippen LogP contribution in [0.4, 0.5) is 18.3 Å². The molecule has 0 aliphatic carbocycles. The molecule has 0 fully saturated rings. The number of nitrogens with zero attached hydrogens (tertiary/aromatic N) is 3. The van der Waals surface area contributed by atoms with Crippen LogP contribution >= 0.6 is 11.3 Å². The van der Waals surface area contributed by atoms with Crippen LogP contribution in [0.1, 0.15) is 28.8 Å². The number of alkyl halides is 3. The number of aryl methyl sites for hydroxylation is 1. The number of aromatic nitrogens is 3. The van der Waals surface area contributed by atoms with Crippen molar-refractivity contribution in [2.45, 2.75) is 19.5 Å². The predicted octanol–water partition coefficient (Wildman–Crippen LogP) is 2.25. The van der Waals surface area contributed by atoms with Gasteiger partial charge >= 0.3 is 12.1 Å². The summed E-state index contributed by atoms with van der Waals surface area (Å²) in [7, 11) is 1.23. The Morgan fingerprint density at radius 1 is 1.42 bits per heavy atom. The van der Waals surface area contributed by atoms with E-state index in [-0.39, 0.29) is 23.9 Å². The minimum Gasteiger partial charge on any atom is -0.466 e. The van der Waals surface area contributed by atoms with E-state index in [0.717, 1.165) is 16.0 Å². The van der Waals surface area contributed by atoms with Crippen molar-refractivity contribution in [2.75, 3.05) is 11.9 Å². The van der Waals surface area contributed by atoms with Crippen LogP contribution in [0, 0.1) is 0 Å². The second-order valence-electron chi connectivity index (χ2n) is 4.62. The van der Waals surface area contributed by atoms with Crippen LogP contribution in [0.2, 0.25) is 0 Å². The van der Waals surface area contributed by atoms with Gasteiger partial charge in [-0.05, 0) is 6.92 Å². The summed E-state index contributed by atoms with van der Waals surface area (Å²) in [6.07, 6.45) is -4.69. The molecule has 11 heteroatoms. The SMILES string of the molecule is CCOC(=O)Cc1csc(NC(=O)c2cc(C(F)(F)F)nn2C)n1. The summed E-state index contributed by atoms with van der Waals surface area (Å²) in [6, 6.07) is 0.655. The third kappa shape index (κ3) is 4.31. The zero-order valence-electron chi connectivity index (χ0n) is 12.7. The number of thiazole rings is 1.